The van der Waals surface area contributed by atoms with Gasteiger partial charge >= 0.3 is 0 Å². The van der Waals surface area contributed by atoms with Gasteiger partial charge < -0.3 is 10.2 Å². The van der Waals surface area contributed by atoms with Crippen molar-refractivity contribution in [2.24, 2.45) is 0 Å². The topological polar surface area (TPSA) is 32.3 Å². The fourth-order valence-corrected chi connectivity index (χ4v) is 3.11. The number of Topliss-reactive ketones (excluding diaryl/α,β-unsaturated/α-hetero) is 1. The molecule has 2 aliphatic rings. The number of benzene rings is 2. The molecule has 1 aliphatic heterocycles. The van der Waals surface area contributed by atoms with Crippen LogP contribution < -0.4 is 10.2 Å². The lowest BCUT2D eigenvalue weighted by atomic mass is 10.1. The summed E-state index contributed by atoms with van der Waals surface area (Å²) in [7, 11) is 0. The van der Waals surface area contributed by atoms with Gasteiger partial charge in [-0.3, -0.25) is 4.79 Å². The smallest absolute Gasteiger partial charge is 0.212 e. The maximum Gasteiger partial charge on any atom is 0.212 e. The van der Waals surface area contributed by atoms with E-state index in [1.807, 2.05) is 59.5 Å². The minimum Gasteiger partial charge on any atom is -0.346 e. The van der Waals surface area contributed by atoms with Crippen molar-refractivity contribution >= 4 is 34.4 Å². The molecule has 0 bridgehead atoms. The van der Waals surface area contributed by atoms with Crippen molar-refractivity contribution in [1.82, 2.24) is 5.32 Å². The Morgan fingerprint density at radius 2 is 1.62 bits per heavy atom. The molecule has 1 N–H and O–H groups in total. The van der Waals surface area contributed by atoms with Gasteiger partial charge in [0.25, 0.3) is 0 Å². The van der Waals surface area contributed by atoms with Crippen LogP contribution >= 0.6 is 12.2 Å². The lowest BCUT2D eigenvalue weighted by Crippen LogP contribution is -2.42. The molecule has 0 saturated carbocycles. The van der Waals surface area contributed by atoms with E-state index in [-0.39, 0.29) is 5.78 Å². The maximum absolute atomic E-state index is 12.7. The van der Waals surface area contributed by atoms with Gasteiger partial charge in [-0.1, -0.05) is 54.7 Å². The van der Waals surface area contributed by atoms with Crippen LogP contribution in [0.3, 0.4) is 0 Å². The Bertz CT molecular complexity index is 795. The Kier molecular flexibility index (Phi) is 2.65. The molecule has 0 fully saturated rings. The summed E-state index contributed by atoms with van der Waals surface area (Å²) in [6.45, 7) is 0.526. The molecular formula is C17H12N2OS. The molecule has 0 aromatic heterocycles. The highest BCUT2D eigenvalue weighted by molar-refractivity contribution is 7.80. The van der Waals surface area contributed by atoms with E-state index < -0.39 is 0 Å². The minimum absolute atomic E-state index is 0.0550. The second kappa shape index (κ2) is 4.53. The van der Waals surface area contributed by atoms with Crippen molar-refractivity contribution in [3.63, 3.8) is 0 Å². The summed E-state index contributed by atoms with van der Waals surface area (Å²) in [5.41, 5.74) is 4.17. The number of rotatable bonds is 1. The number of allylic oxidation sites excluding steroid dienone is 1. The lowest BCUT2D eigenvalue weighted by molar-refractivity contribution is 0.103. The van der Waals surface area contributed by atoms with E-state index in [1.54, 1.807) is 0 Å². The van der Waals surface area contributed by atoms with Crippen LogP contribution in [-0.4, -0.2) is 17.3 Å². The van der Waals surface area contributed by atoms with Gasteiger partial charge in [0.1, 0.15) is 5.70 Å². The number of hydrogen-bond acceptors (Lipinski definition) is 3. The number of para-hydroxylation sites is 1. The first-order chi connectivity index (χ1) is 10.3. The third kappa shape index (κ3) is 1.80. The Morgan fingerprint density at radius 3 is 2.38 bits per heavy atom. The molecular weight excluding hydrogens is 280 g/mol. The van der Waals surface area contributed by atoms with E-state index in [1.165, 1.54) is 0 Å². The van der Waals surface area contributed by atoms with Gasteiger partial charge in [-0.25, -0.2) is 0 Å². The number of anilines is 1. The minimum atomic E-state index is 0.0550. The summed E-state index contributed by atoms with van der Waals surface area (Å²) in [6.07, 6.45) is 0. The molecule has 0 spiro atoms. The molecule has 1 heterocycles. The van der Waals surface area contributed by atoms with Crippen LogP contribution in [-0.2, 0) is 0 Å². The first kappa shape index (κ1) is 12.3. The Labute approximate surface area is 127 Å². The van der Waals surface area contributed by atoms with Gasteiger partial charge in [0.05, 0.1) is 17.2 Å². The molecule has 0 atom stereocenters. The molecule has 1 aliphatic carbocycles. The van der Waals surface area contributed by atoms with E-state index in [2.05, 4.69) is 5.32 Å². The lowest BCUT2D eigenvalue weighted by Gasteiger charge is -2.31. The number of fused-ring (bicyclic) bond motifs is 2. The second-order valence-corrected chi connectivity index (χ2v) is 5.56. The van der Waals surface area contributed by atoms with E-state index in [0.717, 1.165) is 27.5 Å². The highest BCUT2D eigenvalue weighted by Gasteiger charge is 2.37. The molecule has 2 aromatic rings. The number of ketones is 1. The van der Waals surface area contributed by atoms with Crippen LogP contribution in [0, 0.1) is 0 Å². The predicted octanol–water partition coefficient (Wildman–Crippen LogP) is 2.99. The van der Waals surface area contributed by atoms with Crippen LogP contribution in [0.4, 0.5) is 5.69 Å². The average Bonchev–Trinajstić information content (AvgIpc) is 2.81. The van der Waals surface area contributed by atoms with E-state index in [0.29, 0.717) is 12.2 Å². The summed E-state index contributed by atoms with van der Waals surface area (Å²) in [5.74, 6) is 0.0550. The monoisotopic (exact) mass is 292 g/mol. The Hall–Kier alpha value is -2.46. The zero-order valence-electron chi connectivity index (χ0n) is 11.2. The Morgan fingerprint density at radius 1 is 0.952 bits per heavy atom. The van der Waals surface area contributed by atoms with Crippen molar-refractivity contribution in [2.75, 3.05) is 11.4 Å². The quantitative estimate of drug-likeness (QED) is 0.819. The van der Waals surface area contributed by atoms with Crippen LogP contribution in [0.2, 0.25) is 0 Å². The van der Waals surface area contributed by atoms with Crippen LogP contribution in [0.25, 0.3) is 5.70 Å². The highest BCUT2D eigenvalue weighted by Crippen LogP contribution is 2.37. The molecule has 0 amide bonds. The fourth-order valence-electron chi connectivity index (χ4n) is 2.88. The van der Waals surface area contributed by atoms with Gasteiger partial charge in [0, 0.05) is 16.8 Å². The molecule has 4 rings (SSSR count). The van der Waals surface area contributed by atoms with E-state index >= 15 is 0 Å². The molecule has 102 valence electrons. The first-order valence-electron chi connectivity index (χ1n) is 6.76. The summed E-state index contributed by atoms with van der Waals surface area (Å²) >= 11 is 5.38. The van der Waals surface area contributed by atoms with Gasteiger partial charge in [-0.15, -0.1) is 0 Å². The Balaban J connectivity index is 1.91. The number of hydrogen-bond donors (Lipinski definition) is 1. The SMILES string of the molecule is O=C1C2=C(NC(=S)CN2c2ccccc2)c2ccccc21. The van der Waals surface area contributed by atoms with Gasteiger partial charge in [0.15, 0.2) is 0 Å². The summed E-state index contributed by atoms with van der Waals surface area (Å²) in [4.78, 5) is 15.5. The zero-order chi connectivity index (χ0) is 14.4. The third-order valence-electron chi connectivity index (χ3n) is 3.80. The highest BCUT2D eigenvalue weighted by atomic mass is 32.1. The van der Waals surface area contributed by atoms with Gasteiger partial charge in [-0.2, -0.15) is 0 Å². The van der Waals surface area contributed by atoms with Gasteiger partial charge in [-0.05, 0) is 12.1 Å². The number of nitrogens with zero attached hydrogens (tertiary/aromatic N) is 1. The number of thiocarbonyl (C=S) groups is 1. The second-order valence-electron chi connectivity index (χ2n) is 5.07. The summed E-state index contributed by atoms with van der Waals surface area (Å²) in [6, 6.07) is 17.5. The maximum atomic E-state index is 12.7. The molecule has 3 nitrogen and oxygen atoms in total. The molecule has 0 radical (unpaired) electrons. The number of carbonyl (C=O) groups is 1. The molecule has 21 heavy (non-hydrogen) atoms. The normalized spacial score (nSPS) is 16.7. The predicted molar refractivity (Wildman–Crippen MR) is 87.2 cm³/mol. The van der Waals surface area contributed by atoms with Crippen LogP contribution in [0.15, 0.2) is 60.3 Å². The van der Waals surface area contributed by atoms with Crippen LogP contribution in [0.1, 0.15) is 15.9 Å². The molecule has 2 aromatic carbocycles. The molecule has 0 saturated heterocycles. The fraction of sp³-hybridized carbons (Fsp3) is 0.0588. The van der Waals surface area contributed by atoms with Crippen molar-refractivity contribution in [2.45, 2.75) is 0 Å². The van der Waals surface area contributed by atoms with Gasteiger partial charge in [0.2, 0.25) is 5.78 Å². The number of nitrogens with one attached hydrogen (secondary N) is 1. The summed E-state index contributed by atoms with van der Waals surface area (Å²) < 4.78 is 0. The van der Waals surface area contributed by atoms with E-state index in [9.17, 15) is 4.79 Å². The van der Waals surface area contributed by atoms with Crippen LogP contribution in [0.5, 0.6) is 0 Å². The molecule has 0 unspecified atom stereocenters. The zero-order valence-corrected chi connectivity index (χ0v) is 12.0. The summed E-state index contributed by atoms with van der Waals surface area (Å²) in [5, 5.41) is 3.21. The van der Waals surface area contributed by atoms with Crippen molar-refractivity contribution in [3.05, 3.63) is 71.4 Å². The van der Waals surface area contributed by atoms with E-state index in [4.69, 9.17) is 12.2 Å². The first-order valence-corrected chi connectivity index (χ1v) is 7.17. The largest absolute Gasteiger partial charge is 0.346 e. The van der Waals surface area contributed by atoms with Crippen molar-refractivity contribution < 1.29 is 4.79 Å². The van der Waals surface area contributed by atoms with Crippen molar-refractivity contribution in [3.8, 4) is 0 Å². The standard InChI is InChI=1S/C17H12N2OS/c20-17-13-9-5-4-8-12(13)15-16(17)19(10-14(21)18-15)11-6-2-1-3-7-11/h1-9H,10H2,(H,18,21). The van der Waals surface area contributed by atoms with Crippen molar-refractivity contribution in [1.29, 1.82) is 0 Å². The average molecular weight is 292 g/mol. The molecule has 4 heteroatoms. The third-order valence-corrected chi connectivity index (χ3v) is 4.03. The number of carbonyl (C=O) groups excluding carboxylic acids is 1.